The van der Waals surface area contributed by atoms with Gasteiger partial charge in [-0.1, -0.05) is 13.8 Å². The molecule has 0 heterocycles. The van der Waals surface area contributed by atoms with Crippen molar-refractivity contribution < 1.29 is 13.2 Å². The first-order valence-corrected chi connectivity index (χ1v) is 8.73. The zero-order chi connectivity index (χ0) is 15.2. The number of hydrogen-bond donors (Lipinski definition) is 2. The summed E-state index contributed by atoms with van der Waals surface area (Å²) in [7, 11) is -3.55. The minimum absolute atomic E-state index is 0.153. The average molecular weight is 365 g/mol. The topological polar surface area (TPSA) is 81.4 Å². The van der Waals surface area contributed by atoms with E-state index in [1.165, 1.54) is 6.07 Å². The Kier molecular flexibility index (Phi) is 6.94. The average Bonchev–Trinajstić information content (AvgIpc) is 2.36. The van der Waals surface area contributed by atoms with Crippen molar-refractivity contribution in [3.63, 3.8) is 0 Å². The molecule has 0 unspecified atom stereocenters. The largest absolute Gasteiger partial charge is 0.399 e. The number of anilines is 1. The van der Waals surface area contributed by atoms with Gasteiger partial charge in [0, 0.05) is 29.9 Å². The lowest BCUT2D eigenvalue weighted by atomic mass is 10.2. The van der Waals surface area contributed by atoms with Gasteiger partial charge >= 0.3 is 0 Å². The molecule has 0 atom stereocenters. The highest BCUT2D eigenvalue weighted by Gasteiger charge is 2.17. The van der Waals surface area contributed by atoms with Crippen LogP contribution in [0.5, 0.6) is 0 Å². The third-order valence-corrected chi connectivity index (χ3v) is 4.91. The number of nitrogens with two attached hydrogens (primary N) is 1. The SMILES string of the molecule is CC(C)COCCCNS(=O)(=O)c1cc(N)ccc1Br. The number of hydrogen-bond acceptors (Lipinski definition) is 4. The van der Waals surface area contributed by atoms with Crippen molar-refractivity contribution in [1.82, 2.24) is 4.72 Å². The van der Waals surface area contributed by atoms with Gasteiger partial charge in [0.2, 0.25) is 10.0 Å². The van der Waals surface area contributed by atoms with Gasteiger partial charge < -0.3 is 10.5 Å². The summed E-state index contributed by atoms with van der Waals surface area (Å²) in [6.07, 6.45) is 0.631. The Bertz CT molecular complexity index is 532. The molecule has 1 rings (SSSR count). The molecule has 0 aliphatic carbocycles. The summed E-state index contributed by atoms with van der Waals surface area (Å²) in [5.74, 6) is 0.481. The van der Waals surface area contributed by atoms with Crippen molar-refractivity contribution in [3.05, 3.63) is 22.7 Å². The van der Waals surface area contributed by atoms with Crippen LogP contribution in [0.3, 0.4) is 0 Å². The molecule has 7 heteroatoms. The van der Waals surface area contributed by atoms with Gasteiger partial charge in [-0.3, -0.25) is 0 Å². The van der Waals surface area contributed by atoms with Crippen LogP contribution in [0, 0.1) is 5.92 Å². The first-order chi connectivity index (χ1) is 9.33. The maximum absolute atomic E-state index is 12.1. The zero-order valence-corrected chi connectivity index (χ0v) is 14.1. The molecule has 0 spiro atoms. The van der Waals surface area contributed by atoms with Crippen LogP contribution < -0.4 is 10.5 Å². The van der Waals surface area contributed by atoms with Gasteiger partial charge in [0.25, 0.3) is 0 Å². The number of halogens is 1. The monoisotopic (exact) mass is 364 g/mol. The van der Waals surface area contributed by atoms with E-state index >= 15 is 0 Å². The molecule has 0 fully saturated rings. The van der Waals surface area contributed by atoms with Crippen LogP contribution in [0.15, 0.2) is 27.6 Å². The Morgan fingerprint density at radius 2 is 2.10 bits per heavy atom. The quantitative estimate of drug-likeness (QED) is 0.547. The Morgan fingerprint density at radius 3 is 2.75 bits per heavy atom. The van der Waals surface area contributed by atoms with E-state index in [2.05, 4.69) is 34.5 Å². The van der Waals surface area contributed by atoms with Crippen molar-refractivity contribution in [2.24, 2.45) is 5.92 Å². The summed E-state index contributed by atoms with van der Waals surface area (Å²) in [5.41, 5.74) is 6.02. The van der Waals surface area contributed by atoms with E-state index < -0.39 is 10.0 Å². The van der Waals surface area contributed by atoms with Crippen molar-refractivity contribution in [2.75, 3.05) is 25.5 Å². The predicted molar refractivity (Wildman–Crippen MR) is 84.0 cm³/mol. The van der Waals surface area contributed by atoms with Crippen LogP contribution in [0.25, 0.3) is 0 Å². The number of ether oxygens (including phenoxy) is 1. The lowest BCUT2D eigenvalue weighted by molar-refractivity contribution is 0.108. The van der Waals surface area contributed by atoms with Crippen molar-refractivity contribution in [3.8, 4) is 0 Å². The molecule has 0 aliphatic heterocycles. The van der Waals surface area contributed by atoms with E-state index in [0.29, 0.717) is 42.3 Å². The molecule has 0 aliphatic rings. The normalized spacial score (nSPS) is 12.0. The van der Waals surface area contributed by atoms with Gasteiger partial charge in [0.1, 0.15) is 0 Å². The van der Waals surface area contributed by atoms with Gasteiger partial charge in [-0.05, 0) is 46.5 Å². The highest BCUT2D eigenvalue weighted by Crippen LogP contribution is 2.23. The van der Waals surface area contributed by atoms with Crippen LogP contribution >= 0.6 is 15.9 Å². The second-order valence-electron chi connectivity index (χ2n) is 4.91. The molecule has 1 aromatic rings. The van der Waals surface area contributed by atoms with Gasteiger partial charge in [0.15, 0.2) is 0 Å². The summed E-state index contributed by atoms with van der Waals surface area (Å²) in [5, 5.41) is 0. The minimum atomic E-state index is -3.55. The Hall–Kier alpha value is -0.630. The first kappa shape index (κ1) is 17.4. The van der Waals surface area contributed by atoms with Crippen LogP contribution in [0.4, 0.5) is 5.69 Å². The van der Waals surface area contributed by atoms with E-state index in [4.69, 9.17) is 10.5 Å². The molecular formula is C13H21BrN2O3S. The summed E-state index contributed by atoms with van der Waals surface area (Å²) >= 11 is 3.22. The molecule has 5 nitrogen and oxygen atoms in total. The maximum Gasteiger partial charge on any atom is 0.241 e. The Balaban J connectivity index is 2.48. The van der Waals surface area contributed by atoms with Crippen molar-refractivity contribution >= 4 is 31.6 Å². The van der Waals surface area contributed by atoms with Crippen LogP contribution in [0.2, 0.25) is 0 Å². The predicted octanol–water partition coefficient (Wildman–Crippen LogP) is 2.37. The fraction of sp³-hybridized carbons (Fsp3) is 0.538. The second-order valence-corrected chi connectivity index (χ2v) is 7.50. The number of nitrogens with one attached hydrogen (secondary N) is 1. The van der Waals surface area contributed by atoms with Gasteiger partial charge in [0.05, 0.1) is 4.90 Å². The molecule has 1 aromatic carbocycles. The molecule has 0 saturated heterocycles. The summed E-state index contributed by atoms with van der Waals surface area (Å²) in [6, 6.07) is 4.69. The lowest BCUT2D eigenvalue weighted by Crippen LogP contribution is -2.26. The number of benzene rings is 1. The molecule has 0 amide bonds. The van der Waals surface area contributed by atoms with Gasteiger partial charge in [-0.2, -0.15) is 0 Å². The van der Waals surface area contributed by atoms with E-state index in [1.807, 2.05) is 0 Å². The highest BCUT2D eigenvalue weighted by molar-refractivity contribution is 9.10. The molecule has 0 radical (unpaired) electrons. The molecule has 20 heavy (non-hydrogen) atoms. The van der Waals surface area contributed by atoms with E-state index in [1.54, 1.807) is 12.1 Å². The van der Waals surface area contributed by atoms with Crippen molar-refractivity contribution in [1.29, 1.82) is 0 Å². The van der Waals surface area contributed by atoms with Crippen molar-refractivity contribution in [2.45, 2.75) is 25.2 Å². The fourth-order valence-corrected chi connectivity index (χ4v) is 3.57. The van der Waals surface area contributed by atoms with Crippen LogP contribution in [0.1, 0.15) is 20.3 Å². The fourth-order valence-electron chi connectivity index (χ4n) is 1.50. The van der Waals surface area contributed by atoms with E-state index in [-0.39, 0.29) is 4.90 Å². The van der Waals surface area contributed by atoms with E-state index in [9.17, 15) is 8.42 Å². The smallest absolute Gasteiger partial charge is 0.241 e. The first-order valence-electron chi connectivity index (χ1n) is 6.45. The Morgan fingerprint density at radius 1 is 1.40 bits per heavy atom. The highest BCUT2D eigenvalue weighted by atomic mass is 79.9. The second kappa shape index (κ2) is 7.97. The molecule has 0 saturated carbocycles. The zero-order valence-electron chi connectivity index (χ0n) is 11.7. The van der Waals surface area contributed by atoms with Crippen LogP contribution in [-0.2, 0) is 14.8 Å². The number of nitrogen functional groups attached to an aromatic ring is 1. The third-order valence-electron chi connectivity index (χ3n) is 2.45. The third kappa shape index (κ3) is 5.78. The number of sulfonamides is 1. The molecule has 0 bridgehead atoms. The van der Waals surface area contributed by atoms with E-state index in [0.717, 1.165) is 0 Å². The minimum Gasteiger partial charge on any atom is -0.399 e. The number of rotatable bonds is 8. The summed E-state index contributed by atoms with van der Waals surface area (Å²) in [4.78, 5) is 0.153. The molecular weight excluding hydrogens is 344 g/mol. The molecule has 114 valence electrons. The van der Waals surface area contributed by atoms with Gasteiger partial charge in [-0.25, -0.2) is 13.1 Å². The lowest BCUT2D eigenvalue weighted by Gasteiger charge is -2.10. The standard InChI is InChI=1S/C13H21BrN2O3S/c1-10(2)9-19-7-3-6-16-20(17,18)13-8-11(15)4-5-12(13)14/h4-5,8,10,16H,3,6-7,9,15H2,1-2H3. The summed E-state index contributed by atoms with van der Waals surface area (Å²) in [6.45, 7) is 5.70. The Labute approximate surface area is 129 Å². The maximum atomic E-state index is 12.1. The van der Waals surface area contributed by atoms with Crippen LogP contribution in [-0.4, -0.2) is 28.2 Å². The van der Waals surface area contributed by atoms with Gasteiger partial charge in [-0.15, -0.1) is 0 Å². The molecule has 0 aromatic heterocycles. The summed E-state index contributed by atoms with van der Waals surface area (Å²) < 4.78 is 32.6. The molecule has 3 N–H and O–H groups in total.